The molecule has 2 bridgehead atoms. The van der Waals surface area contributed by atoms with E-state index in [4.69, 9.17) is 0 Å². The van der Waals surface area contributed by atoms with E-state index in [2.05, 4.69) is 18.9 Å². The van der Waals surface area contributed by atoms with Gasteiger partial charge in [0.1, 0.15) is 5.75 Å². The van der Waals surface area contributed by atoms with Crippen molar-refractivity contribution < 1.29 is 19.8 Å². The fourth-order valence-electron chi connectivity index (χ4n) is 5.31. The lowest BCUT2D eigenvalue weighted by molar-refractivity contribution is 0.00517. The van der Waals surface area contributed by atoms with E-state index in [0.717, 1.165) is 24.9 Å². The Hall–Kier alpha value is -2.86. The van der Waals surface area contributed by atoms with Gasteiger partial charge in [-0.25, -0.2) is 4.79 Å². The lowest BCUT2D eigenvalue weighted by atomic mass is 9.61. The number of carboxylic acid groups (broad SMARTS) is 1. The molecular formula is C23H26N2O4. The van der Waals surface area contributed by atoms with Gasteiger partial charge in [-0.05, 0) is 61.8 Å². The van der Waals surface area contributed by atoms with Gasteiger partial charge in [0.2, 0.25) is 0 Å². The number of piperidine rings is 1. The highest BCUT2D eigenvalue weighted by atomic mass is 16.4. The number of phenolic OH excluding ortho intramolecular Hbond substituents is 1. The molecule has 1 aliphatic carbocycles. The summed E-state index contributed by atoms with van der Waals surface area (Å²) in [6.07, 6.45) is 1.63. The van der Waals surface area contributed by atoms with Crippen LogP contribution >= 0.6 is 0 Å². The van der Waals surface area contributed by atoms with Crippen molar-refractivity contribution in [2.24, 2.45) is 0 Å². The number of nitrogens with zero attached hydrogens (tertiary/aromatic N) is 2. The van der Waals surface area contributed by atoms with E-state index in [1.165, 1.54) is 11.6 Å². The van der Waals surface area contributed by atoms with E-state index in [-0.39, 0.29) is 40.3 Å². The standard InChI is InChI=1S/C23H26N2O4/c1-23-10-11-24(2)19(12-14-8-9-15(26)13-18(14)23)20(23)25(3)21(27)16-6-4-5-7-17(16)22(28)29/h4-9,13,19-20,26H,10-12H2,1-3H3,(H,28,29). The molecule has 1 aliphatic heterocycles. The van der Waals surface area contributed by atoms with Crippen LogP contribution in [0.4, 0.5) is 0 Å². The van der Waals surface area contributed by atoms with Crippen LogP contribution in [0, 0.1) is 0 Å². The van der Waals surface area contributed by atoms with E-state index in [0.29, 0.717) is 0 Å². The van der Waals surface area contributed by atoms with Crippen LogP contribution in [0.5, 0.6) is 5.75 Å². The van der Waals surface area contributed by atoms with Gasteiger partial charge in [0.25, 0.3) is 5.91 Å². The first kappa shape index (κ1) is 19.5. The molecule has 0 aromatic heterocycles. The smallest absolute Gasteiger partial charge is 0.336 e. The predicted molar refractivity (Wildman–Crippen MR) is 109 cm³/mol. The summed E-state index contributed by atoms with van der Waals surface area (Å²) in [5.41, 5.74) is 2.17. The Morgan fingerprint density at radius 1 is 1.17 bits per heavy atom. The van der Waals surface area contributed by atoms with Crippen LogP contribution in [0.1, 0.15) is 45.2 Å². The molecule has 1 heterocycles. The third-order valence-electron chi connectivity index (χ3n) is 6.83. The maximum atomic E-state index is 13.4. The van der Waals surface area contributed by atoms with Gasteiger partial charge in [-0.2, -0.15) is 0 Å². The molecule has 4 rings (SSSR count). The fourth-order valence-corrected chi connectivity index (χ4v) is 5.31. The maximum absolute atomic E-state index is 13.4. The molecule has 1 amide bonds. The minimum atomic E-state index is -1.11. The molecule has 3 unspecified atom stereocenters. The Morgan fingerprint density at radius 2 is 1.86 bits per heavy atom. The van der Waals surface area contributed by atoms with Gasteiger partial charge in [-0.15, -0.1) is 0 Å². The van der Waals surface area contributed by atoms with E-state index in [1.807, 2.05) is 12.1 Å². The number of hydrogen-bond acceptors (Lipinski definition) is 4. The van der Waals surface area contributed by atoms with Crippen molar-refractivity contribution in [3.05, 3.63) is 64.7 Å². The van der Waals surface area contributed by atoms with Gasteiger partial charge in [0.05, 0.1) is 17.2 Å². The summed E-state index contributed by atoms with van der Waals surface area (Å²) in [6, 6.07) is 11.9. The second-order valence-corrected chi connectivity index (χ2v) is 8.47. The third kappa shape index (κ3) is 2.99. The fraction of sp³-hybridized carbons (Fsp3) is 0.391. The summed E-state index contributed by atoms with van der Waals surface area (Å²) >= 11 is 0. The highest BCUT2D eigenvalue weighted by Crippen LogP contribution is 2.47. The number of hydrogen-bond donors (Lipinski definition) is 2. The van der Waals surface area contributed by atoms with Crippen LogP contribution in [0.25, 0.3) is 0 Å². The first-order valence-electron chi connectivity index (χ1n) is 9.86. The minimum Gasteiger partial charge on any atom is -0.508 e. The largest absolute Gasteiger partial charge is 0.508 e. The van der Waals surface area contributed by atoms with Gasteiger partial charge in [0, 0.05) is 18.5 Å². The number of phenols is 1. The normalized spacial score (nSPS) is 25.9. The second kappa shape index (κ2) is 6.88. The highest BCUT2D eigenvalue weighted by Gasteiger charge is 2.52. The molecule has 3 atom stereocenters. The van der Waals surface area contributed by atoms with E-state index in [1.54, 1.807) is 36.2 Å². The number of carbonyl (C=O) groups is 2. The molecule has 0 saturated carbocycles. The van der Waals surface area contributed by atoms with Crippen molar-refractivity contribution in [3.63, 3.8) is 0 Å². The quantitative estimate of drug-likeness (QED) is 0.837. The number of rotatable bonds is 3. The highest BCUT2D eigenvalue weighted by molar-refractivity contribution is 6.04. The molecule has 152 valence electrons. The van der Waals surface area contributed by atoms with Crippen molar-refractivity contribution in [1.29, 1.82) is 0 Å². The Morgan fingerprint density at radius 3 is 2.55 bits per heavy atom. The molecule has 2 aliphatic rings. The molecule has 0 radical (unpaired) electrons. The molecular weight excluding hydrogens is 368 g/mol. The van der Waals surface area contributed by atoms with Gasteiger partial charge in [0.15, 0.2) is 0 Å². The van der Waals surface area contributed by atoms with Crippen LogP contribution in [0.2, 0.25) is 0 Å². The zero-order chi connectivity index (χ0) is 20.9. The first-order valence-corrected chi connectivity index (χ1v) is 9.86. The van der Waals surface area contributed by atoms with Crippen LogP contribution in [-0.2, 0) is 11.8 Å². The summed E-state index contributed by atoms with van der Waals surface area (Å²) < 4.78 is 0. The zero-order valence-corrected chi connectivity index (χ0v) is 16.9. The van der Waals surface area contributed by atoms with Crippen molar-refractivity contribution in [2.75, 3.05) is 20.6 Å². The van der Waals surface area contributed by atoms with Crippen LogP contribution in [0.3, 0.4) is 0 Å². The average Bonchev–Trinajstić information content (AvgIpc) is 2.70. The average molecular weight is 394 g/mol. The molecule has 1 fully saturated rings. The molecule has 2 N–H and O–H groups in total. The molecule has 29 heavy (non-hydrogen) atoms. The maximum Gasteiger partial charge on any atom is 0.336 e. The summed E-state index contributed by atoms with van der Waals surface area (Å²) in [7, 11) is 3.84. The van der Waals surface area contributed by atoms with Crippen molar-refractivity contribution in [2.45, 2.75) is 37.3 Å². The molecule has 6 heteroatoms. The van der Waals surface area contributed by atoms with E-state index >= 15 is 0 Å². The monoisotopic (exact) mass is 394 g/mol. The lowest BCUT2D eigenvalue weighted by Crippen LogP contribution is -2.67. The van der Waals surface area contributed by atoms with Crippen LogP contribution in [0.15, 0.2) is 42.5 Å². The number of carboxylic acids is 1. The van der Waals surface area contributed by atoms with E-state index < -0.39 is 5.97 Å². The van der Waals surface area contributed by atoms with Crippen molar-refractivity contribution >= 4 is 11.9 Å². The number of likely N-dealkylation sites (N-methyl/N-ethyl adjacent to an activating group) is 2. The van der Waals surface area contributed by atoms with Gasteiger partial charge >= 0.3 is 5.97 Å². The summed E-state index contributed by atoms with van der Waals surface area (Å²) in [6.45, 7) is 3.06. The first-order chi connectivity index (χ1) is 13.7. The lowest BCUT2D eigenvalue weighted by Gasteiger charge is -2.57. The van der Waals surface area contributed by atoms with Gasteiger partial charge in [-0.3, -0.25) is 4.79 Å². The molecule has 2 aromatic rings. The Labute approximate surface area is 170 Å². The molecule has 2 aromatic carbocycles. The van der Waals surface area contributed by atoms with Crippen molar-refractivity contribution in [3.8, 4) is 5.75 Å². The molecule has 1 saturated heterocycles. The second-order valence-electron chi connectivity index (χ2n) is 8.47. The SMILES string of the molecule is CN1CCC2(C)c3cc(O)ccc3CC1C2N(C)C(=O)c1ccccc1C(=O)O. The molecule has 6 nitrogen and oxygen atoms in total. The number of fused-ring (bicyclic) bond motifs is 4. The van der Waals surface area contributed by atoms with Crippen molar-refractivity contribution in [1.82, 2.24) is 9.80 Å². The Kier molecular flexibility index (Phi) is 4.62. The molecule has 0 spiro atoms. The number of carbonyl (C=O) groups excluding carboxylic acids is 1. The minimum absolute atomic E-state index is 0.0156. The number of aromatic hydroxyl groups is 1. The van der Waals surface area contributed by atoms with Gasteiger partial charge < -0.3 is 20.0 Å². The summed E-state index contributed by atoms with van der Waals surface area (Å²) in [4.78, 5) is 29.1. The number of benzene rings is 2. The third-order valence-corrected chi connectivity index (χ3v) is 6.83. The Bertz CT molecular complexity index is 989. The van der Waals surface area contributed by atoms with Crippen LogP contribution < -0.4 is 0 Å². The van der Waals surface area contributed by atoms with Gasteiger partial charge in [-0.1, -0.05) is 25.1 Å². The van der Waals surface area contributed by atoms with Crippen LogP contribution in [-0.4, -0.2) is 64.6 Å². The predicted octanol–water partition coefficient (Wildman–Crippen LogP) is 2.75. The van der Waals surface area contributed by atoms with E-state index in [9.17, 15) is 19.8 Å². The number of aromatic carboxylic acids is 1. The number of amides is 1. The number of likely N-dealkylation sites (tertiary alicyclic amines) is 1. The zero-order valence-electron chi connectivity index (χ0n) is 16.9. The summed E-state index contributed by atoms with van der Waals surface area (Å²) in [5.74, 6) is -1.17. The Balaban J connectivity index is 1.79. The topological polar surface area (TPSA) is 81.1 Å². The summed E-state index contributed by atoms with van der Waals surface area (Å²) in [5, 5.41) is 19.6.